The van der Waals surface area contributed by atoms with E-state index in [1.54, 1.807) is 34.9 Å². The molecule has 0 bridgehead atoms. The monoisotopic (exact) mass is 294 g/mol. The van der Waals surface area contributed by atoms with Crippen LogP contribution < -0.4 is 5.32 Å². The maximum Gasteiger partial charge on any atom is 0.221 e. The van der Waals surface area contributed by atoms with Gasteiger partial charge in [0.15, 0.2) is 0 Å². The largest absolute Gasteiger partial charge is 0.326 e. The molecule has 1 aromatic carbocycles. The fourth-order valence-corrected chi connectivity index (χ4v) is 2.39. The number of fused-ring (bicyclic) bond motifs is 1. The van der Waals surface area contributed by atoms with E-state index in [0.717, 1.165) is 11.1 Å². The van der Waals surface area contributed by atoms with E-state index in [1.165, 1.54) is 6.92 Å². The van der Waals surface area contributed by atoms with Crippen molar-refractivity contribution in [2.75, 3.05) is 5.32 Å². The summed E-state index contributed by atoms with van der Waals surface area (Å²) in [4.78, 5) is 26.8. The van der Waals surface area contributed by atoms with Crippen LogP contribution in [0.3, 0.4) is 0 Å². The number of carbonyl (C=O) groups is 1. The molecule has 0 saturated carbocycles. The van der Waals surface area contributed by atoms with Crippen LogP contribution in [0.1, 0.15) is 12.5 Å². The summed E-state index contributed by atoms with van der Waals surface area (Å²) < 4.78 is 1.68. The van der Waals surface area contributed by atoms with Crippen LogP contribution in [0.15, 0.2) is 47.8 Å². The molecule has 0 aliphatic heterocycles. The Bertz CT molecular complexity index is 866. The first-order valence-electron chi connectivity index (χ1n) is 6.79. The van der Waals surface area contributed by atoms with Crippen LogP contribution in [0.5, 0.6) is 0 Å². The Morgan fingerprint density at radius 2 is 1.95 bits per heavy atom. The highest BCUT2D eigenvalue weighted by Gasteiger charge is 2.15. The summed E-state index contributed by atoms with van der Waals surface area (Å²) >= 11 is 0. The third-order valence-electron chi connectivity index (χ3n) is 3.39. The number of aromatic nitrogens is 2. The molecule has 6 heteroatoms. The van der Waals surface area contributed by atoms with Gasteiger partial charge in [0.05, 0.1) is 0 Å². The van der Waals surface area contributed by atoms with Crippen LogP contribution >= 0.6 is 0 Å². The van der Waals surface area contributed by atoms with E-state index in [-0.39, 0.29) is 11.7 Å². The number of hydrogen-bond donors (Lipinski definition) is 1. The highest BCUT2D eigenvalue weighted by molar-refractivity contribution is 5.89. The van der Waals surface area contributed by atoms with E-state index in [0.29, 0.717) is 17.0 Å². The quantitative estimate of drug-likeness (QED) is 0.749. The first-order chi connectivity index (χ1) is 10.6. The van der Waals surface area contributed by atoms with E-state index in [4.69, 9.17) is 0 Å². The number of nitroso groups, excluding NO2 is 1. The molecule has 6 nitrogen and oxygen atoms in total. The molecule has 0 spiro atoms. The van der Waals surface area contributed by atoms with Gasteiger partial charge >= 0.3 is 0 Å². The smallest absolute Gasteiger partial charge is 0.221 e. The Labute approximate surface area is 126 Å². The van der Waals surface area contributed by atoms with Gasteiger partial charge < -0.3 is 5.32 Å². The molecule has 0 aliphatic rings. The van der Waals surface area contributed by atoms with Crippen molar-refractivity contribution in [2.24, 2.45) is 5.18 Å². The molecular formula is C16H14N4O2. The number of pyridine rings is 1. The van der Waals surface area contributed by atoms with Crippen molar-refractivity contribution in [3.8, 4) is 11.3 Å². The predicted octanol–water partition coefficient (Wildman–Crippen LogP) is 3.67. The molecule has 2 heterocycles. The Morgan fingerprint density at radius 3 is 2.59 bits per heavy atom. The second-order valence-electron chi connectivity index (χ2n) is 5.02. The third kappa shape index (κ3) is 2.35. The number of hydrogen-bond acceptors (Lipinski definition) is 4. The molecule has 0 saturated heterocycles. The minimum absolute atomic E-state index is 0.133. The third-order valence-corrected chi connectivity index (χ3v) is 3.39. The number of anilines is 1. The predicted molar refractivity (Wildman–Crippen MR) is 85.1 cm³/mol. The van der Waals surface area contributed by atoms with Crippen molar-refractivity contribution in [3.05, 3.63) is 53.1 Å². The zero-order chi connectivity index (χ0) is 15.7. The maximum absolute atomic E-state index is 11.2. The molecule has 1 N–H and O–H groups in total. The molecule has 0 aliphatic carbocycles. The van der Waals surface area contributed by atoms with E-state index in [9.17, 15) is 9.70 Å². The highest BCUT2D eigenvalue weighted by atomic mass is 16.3. The number of carbonyl (C=O) groups excluding carboxylic acids is 1. The number of nitrogens with zero attached hydrogens (tertiary/aromatic N) is 3. The van der Waals surface area contributed by atoms with Crippen LogP contribution in [-0.2, 0) is 4.79 Å². The number of imidazole rings is 1. The normalized spacial score (nSPS) is 10.6. The fourth-order valence-electron chi connectivity index (χ4n) is 2.39. The molecule has 0 unspecified atom stereocenters. The van der Waals surface area contributed by atoms with Crippen LogP contribution in [-0.4, -0.2) is 15.3 Å². The first-order valence-corrected chi connectivity index (χ1v) is 6.79. The van der Waals surface area contributed by atoms with Crippen molar-refractivity contribution in [1.29, 1.82) is 0 Å². The van der Waals surface area contributed by atoms with Gasteiger partial charge in [-0.05, 0) is 35.9 Å². The molecule has 1 amide bonds. The summed E-state index contributed by atoms with van der Waals surface area (Å²) in [5.41, 5.74) is 3.66. The Kier molecular flexibility index (Phi) is 3.42. The van der Waals surface area contributed by atoms with Crippen molar-refractivity contribution >= 4 is 23.1 Å². The first kappa shape index (κ1) is 13.9. The lowest BCUT2D eigenvalue weighted by Crippen LogP contribution is -2.05. The van der Waals surface area contributed by atoms with Crippen LogP contribution in [0, 0.1) is 11.8 Å². The minimum Gasteiger partial charge on any atom is -0.326 e. The lowest BCUT2D eigenvalue weighted by atomic mass is 10.1. The number of nitrogens with one attached hydrogen (secondary N) is 1. The zero-order valence-electron chi connectivity index (χ0n) is 12.2. The fraction of sp³-hybridized carbons (Fsp3) is 0.125. The van der Waals surface area contributed by atoms with E-state index in [1.807, 2.05) is 19.1 Å². The van der Waals surface area contributed by atoms with Gasteiger partial charge in [-0.25, -0.2) is 4.98 Å². The zero-order valence-corrected chi connectivity index (χ0v) is 12.2. The molecule has 2 aromatic heterocycles. The van der Waals surface area contributed by atoms with Gasteiger partial charge in [-0.2, -0.15) is 0 Å². The van der Waals surface area contributed by atoms with Gasteiger partial charge in [-0.15, -0.1) is 4.91 Å². The van der Waals surface area contributed by atoms with E-state index >= 15 is 0 Å². The standard InChI is InChI=1S/C16H14N4O2/c1-10-4-3-9-20-15(10)18-14(16(20)19-22)12-5-7-13(8-6-12)17-11(2)21/h3-9H,1-2H3,(H,17,21). The molecule has 3 rings (SSSR count). The molecule has 0 fully saturated rings. The number of rotatable bonds is 3. The SMILES string of the molecule is CC(=O)Nc1ccc(-c2nc3c(C)cccn3c2N=O)cc1. The van der Waals surface area contributed by atoms with E-state index < -0.39 is 0 Å². The van der Waals surface area contributed by atoms with Gasteiger partial charge in [0.2, 0.25) is 11.7 Å². The Hall–Kier alpha value is -3.02. The number of amides is 1. The molecule has 0 atom stereocenters. The topological polar surface area (TPSA) is 75.8 Å². The molecule has 0 radical (unpaired) electrons. The van der Waals surface area contributed by atoms with Crippen molar-refractivity contribution in [1.82, 2.24) is 9.38 Å². The van der Waals surface area contributed by atoms with Crippen molar-refractivity contribution in [3.63, 3.8) is 0 Å². The van der Waals surface area contributed by atoms with E-state index in [2.05, 4.69) is 15.5 Å². The summed E-state index contributed by atoms with van der Waals surface area (Å²) in [7, 11) is 0. The summed E-state index contributed by atoms with van der Waals surface area (Å²) in [6.07, 6.45) is 1.77. The number of benzene rings is 1. The van der Waals surface area contributed by atoms with Gasteiger partial charge in [-0.3, -0.25) is 9.20 Å². The second kappa shape index (κ2) is 5.40. The second-order valence-corrected chi connectivity index (χ2v) is 5.02. The van der Waals surface area contributed by atoms with Crippen LogP contribution in [0.4, 0.5) is 11.5 Å². The van der Waals surface area contributed by atoms with Crippen LogP contribution in [0.2, 0.25) is 0 Å². The molecule has 22 heavy (non-hydrogen) atoms. The lowest BCUT2D eigenvalue weighted by Gasteiger charge is -2.03. The van der Waals surface area contributed by atoms with Gasteiger partial charge in [0, 0.05) is 24.4 Å². The average molecular weight is 294 g/mol. The van der Waals surface area contributed by atoms with Crippen molar-refractivity contribution < 1.29 is 4.79 Å². The number of aryl methyl sites for hydroxylation is 1. The maximum atomic E-state index is 11.2. The van der Waals surface area contributed by atoms with Crippen LogP contribution in [0.25, 0.3) is 16.9 Å². The molecule has 110 valence electrons. The van der Waals surface area contributed by atoms with Gasteiger partial charge in [-0.1, -0.05) is 18.2 Å². The van der Waals surface area contributed by atoms with Crippen molar-refractivity contribution in [2.45, 2.75) is 13.8 Å². The summed E-state index contributed by atoms with van der Waals surface area (Å²) in [6.45, 7) is 3.38. The molecular weight excluding hydrogens is 280 g/mol. The lowest BCUT2D eigenvalue weighted by molar-refractivity contribution is -0.114. The van der Waals surface area contributed by atoms with Gasteiger partial charge in [0.1, 0.15) is 11.3 Å². The Morgan fingerprint density at radius 1 is 1.23 bits per heavy atom. The summed E-state index contributed by atoms with van der Waals surface area (Å²) in [6, 6.07) is 10.9. The average Bonchev–Trinajstić information content (AvgIpc) is 2.87. The molecule has 3 aromatic rings. The minimum atomic E-state index is -0.133. The Balaban J connectivity index is 2.11. The van der Waals surface area contributed by atoms with Gasteiger partial charge in [0.25, 0.3) is 0 Å². The summed E-state index contributed by atoms with van der Waals surface area (Å²) in [5, 5.41) is 5.83. The highest BCUT2D eigenvalue weighted by Crippen LogP contribution is 2.32. The summed E-state index contributed by atoms with van der Waals surface area (Å²) in [5.74, 6) is 0.136.